The van der Waals surface area contributed by atoms with Gasteiger partial charge in [0.15, 0.2) is 11.5 Å². The van der Waals surface area contributed by atoms with E-state index in [1.807, 2.05) is 41.3 Å². The molecule has 3 heterocycles. The van der Waals surface area contributed by atoms with Gasteiger partial charge in [0.2, 0.25) is 12.7 Å². The molecule has 7 heteroatoms. The first-order chi connectivity index (χ1) is 13.7. The number of anilines is 2. The van der Waals surface area contributed by atoms with Crippen LogP contribution in [0.3, 0.4) is 0 Å². The van der Waals surface area contributed by atoms with E-state index < -0.39 is 0 Å². The molecule has 0 aliphatic carbocycles. The Morgan fingerprint density at radius 1 is 1.00 bits per heavy atom. The maximum absolute atomic E-state index is 12.9. The van der Waals surface area contributed by atoms with Crippen molar-refractivity contribution in [3.8, 4) is 11.5 Å². The molecule has 28 heavy (non-hydrogen) atoms. The molecule has 1 fully saturated rings. The number of amides is 3. The van der Waals surface area contributed by atoms with Gasteiger partial charge < -0.3 is 19.3 Å². The van der Waals surface area contributed by atoms with Crippen LogP contribution in [0.4, 0.5) is 16.2 Å². The molecule has 0 spiro atoms. The van der Waals surface area contributed by atoms with E-state index in [1.165, 1.54) is 5.56 Å². The molecule has 0 unspecified atom stereocenters. The molecule has 3 aliphatic rings. The smallest absolute Gasteiger partial charge is 0.325 e. The molecule has 0 radical (unpaired) electrons. The maximum Gasteiger partial charge on any atom is 0.325 e. The first kappa shape index (κ1) is 16.9. The topological polar surface area (TPSA) is 62.3 Å². The Balaban J connectivity index is 1.30. The molecule has 3 aliphatic heterocycles. The minimum absolute atomic E-state index is 0.0342. The fourth-order valence-electron chi connectivity index (χ4n) is 4.06. The summed E-state index contributed by atoms with van der Waals surface area (Å²) < 4.78 is 10.7. The van der Waals surface area contributed by atoms with E-state index in [-0.39, 0.29) is 25.3 Å². The summed E-state index contributed by atoms with van der Waals surface area (Å²) in [6, 6.07) is 13.3. The number of nitrogens with zero attached hydrogens (tertiary/aromatic N) is 3. The lowest BCUT2D eigenvalue weighted by molar-refractivity contribution is -0.119. The van der Waals surface area contributed by atoms with Crippen LogP contribution < -0.4 is 19.3 Å². The summed E-state index contributed by atoms with van der Waals surface area (Å²) in [5, 5.41) is 0. The van der Waals surface area contributed by atoms with E-state index in [2.05, 4.69) is 6.07 Å². The lowest BCUT2D eigenvalue weighted by Crippen LogP contribution is -2.44. The number of hydrogen-bond acceptors (Lipinski definition) is 4. The Kier molecular flexibility index (Phi) is 4.07. The van der Waals surface area contributed by atoms with Gasteiger partial charge in [-0.25, -0.2) is 4.79 Å². The van der Waals surface area contributed by atoms with Crippen LogP contribution in [0.1, 0.15) is 12.0 Å². The largest absolute Gasteiger partial charge is 0.454 e. The van der Waals surface area contributed by atoms with Gasteiger partial charge >= 0.3 is 6.03 Å². The van der Waals surface area contributed by atoms with Crippen LogP contribution in [0.25, 0.3) is 0 Å². The SMILES string of the molecule is O=C1N(CC(=O)N2CCCc3ccccc32)CCN1c1ccc2c(c1)OCO2. The molecule has 1 saturated heterocycles. The lowest BCUT2D eigenvalue weighted by atomic mass is 10.0. The van der Waals surface area contributed by atoms with Crippen molar-refractivity contribution in [2.24, 2.45) is 0 Å². The van der Waals surface area contributed by atoms with Gasteiger partial charge in [0.05, 0.1) is 0 Å². The van der Waals surface area contributed by atoms with E-state index in [4.69, 9.17) is 9.47 Å². The van der Waals surface area contributed by atoms with Gasteiger partial charge in [-0.3, -0.25) is 9.69 Å². The van der Waals surface area contributed by atoms with Crippen molar-refractivity contribution in [1.29, 1.82) is 0 Å². The second-order valence-corrected chi connectivity index (χ2v) is 7.17. The van der Waals surface area contributed by atoms with Crippen molar-refractivity contribution in [2.75, 3.05) is 42.8 Å². The molecule has 5 rings (SSSR count). The monoisotopic (exact) mass is 379 g/mol. The minimum atomic E-state index is -0.155. The quantitative estimate of drug-likeness (QED) is 0.823. The van der Waals surface area contributed by atoms with Gasteiger partial charge in [-0.2, -0.15) is 0 Å². The first-order valence-electron chi connectivity index (χ1n) is 9.55. The molecule has 2 aromatic rings. The van der Waals surface area contributed by atoms with Crippen molar-refractivity contribution >= 4 is 23.3 Å². The van der Waals surface area contributed by atoms with Gasteiger partial charge in [0.1, 0.15) is 6.54 Å². The second kappa shape index (κ2) is 6.74. The zero-order valence-electron chi connectivity index (χ0n) is 15.5. The van der Waals surface area contributed by atoms with Gasteiger partial charge in [0.25, 0.3) is 0 Å². The Morgan fingerprint density at radius 3 is 2.79 bits per heavy atom. The van der Waals surface area contributed by atoms with Crippen molar-refractivity contribution in [3.05, 3.63) is 48.0 Å². The highest BCUT2D eigenvalue weighted by molar-refractivity contribution is 6.01. The van der Waals surface area contributed by atoms with Gasteiger partial charge in [-0.1, -0.05) is 18.2 Å². The van der Waals surface area contributed by atoms with Crippen LogP contribution >= 0.6 is 0 Å². The fraction of sp³-hybridized carbons (Fsp3) is 0.333. The van der Waals surface area contributed by atoms with E-state index in [0.717, 1.165) is 24.2 Å². The minimum Gasteiger partial charge on any atom is -0.454 e. The van der Waals surface area contributed by atoms with Crippen molar-refractivity contribution < 1.29 is 19.1 Å². The molecule has 0 aromatic heterocycles. The molecule has 0 saturated carbocycles. The molecule has 7 nitrogen and oxygen atoms in total. The average molecular weight is 379 g/mol. The highest BCUT2D eigenvalue weighted by Gasteiger charge is 2.33. The summed E-state index contributed by atoms with van der Waals surface area (Å²) in [6.45, 7) is 2.06. The van der Waals surface area contributed by atoms with Crippen molar-refractivity contribution in [2.45, 2.75) is 12.8 Å². The van der Waals surface area contributed by atoms with Crippen LogP contribution in [0.5, 0.6) is 11.5 Å². The number of urea groups is 1. The zero-order chi connectivity index (χ0) is 19.1. The molecular formula is C21H21N3O4. The summed E-state index contributed by atoms with van der Waals surface area (Å²) in [5.41, 5.74) is 2.92. The molecule has 2 aromatic carbocycles. The van der Waals surface area contributed by atoms with Crippen LogP contribution in [0.15, 0.2) is 42.5 Å². The lowest BCUT2D eigenvalue weighted by Gasteiger charge is -2.30. The van der Waals surface area contributed by atoms with Gasteiger partial charge in [-0.05, 0) is 36.6 Å². The fourth-order valence-corrected chi connectivity index (χ4v) is 4.06. The number of carbonyl (C=O) groups excluding carboxylic acids is 2. The van der Waals surface area contributed by atoms with E-state index in [1.54, 1.807) is 9.80 Å². The Hall–Kier alpha value is -3.22. The summed E-state index contributed by atoms with van der Waals surface area (Å²) in [6.07, 6.45) is 1.93. The van der Waals surface area contributed by atoms with Crippen molar-refractivity contribution in [3.63, 3.8) is 0 Å². The Morgan fingerprint density at radius 2 is 1.86 bits per heavy atom. The molecule has 3 amide bonds. The normalized spacial score (nSPS) is 17.9. The molecule has 144 valence electrons. The predicted octanol–water partition coefficient (Wildman–Crippen LogP) is 2.64. The molecule has 0 N–H and O–H groups in total. The molecule has 0 bridgehead atoms. The van der Waals surface area contributed by atoms with E-state index >= 15 is 0 Å². The molecule has 0 atom stereocenters. The highest BCUT2D eigenvalue weighted by atomic mass is 16.7. The van der Waals surface area contributed by atoms with E-state index in [0.29, 0.717) is 31.1 Å². The zero-order valence-corrected chi connectivity index (χ0v) is 15.5. The highest BCUT2D eigenvalue weighted by Crippen LogP contribution is 2.36. The Labute approximate surface area is 163 Å². The summed E-state index contributed by atoms with van der Waals surface area (Å²) in [7, 11) is 0. The second-order valence-electron chi connectivity index (χ2n) is 7.17. The summed E-state index contributed by atoms with van der Waals surface area (Å²) >= 11 is 0. The number of hydrogen-bond donors (Lipinski definition) is 0. The van der Waals surface area contributed by atoms with Crippen LogP contribution in [-0.2, 0) is 11.2 Å². The summed E-state index contributed by atoms with van der Waals surface area (Å²) in [4.78, 5) is 30.9. The predicted molar refractivity (Wildman–Crippen MR) is 104 cm³/mol. The third-order valence-electron chi connectivity index (χ3n) is 5.50. The van der Waals surface area contributed by atoms with E-state index in [9.17, 15) is 9.59 Å². The Bertz CT molecular complexity index is 945. The third kappa shape index (κ3) is 2.83. The summed E-state index contributed by atoms with van der Waals surface area (Å²) in [5.74, 6) is 1.30. The molecular weight excluding hydrogens is 358 g/mol. The number of aryl methyl sites for hydroxylation is 1. The van der Waals surface area contributed by atoms with Crippen LogP contribution in [0, 0.1) is 0 Å². The van der Waals surface area contributed by atoms with Gasteiger partial charge in [0, 0.05) is 37.1 Å². The third-order valence-corrected chi connectivity index (χ3v) is 5.50. The number of ether oxygens (including phenoxy) is 2. The number of rotatable bonds is 3. The standard InChI is InChI=1S/C21H21N3O4/c25-20(24-9-3-5-15-4-1-2-6-17(15)24)13-22-10-11-23(21(22)26)16-7-8-18-19(12-16)28-14-27-18/h1-2,4,6-8,12H,3,5,9-11,13-14H2. The number of para-hydroxylation sites is 1. The average Bonchev–Trinajstić information content (AvgIpc) is 3.33. The number of carbonyl (C=O) groups is 2. The first-order valence-corrected chi connectivity index (χ1v) is 9.55. The number of benzene rings is 2. The van der Waals surface area contributed by atoms with Gasteiger partial charge in [-0.15, -0.1) is 0 Å². The van der Waals surface area contributed by atoms with Crippen LogP contribution in [0.2, 0.25) is 0 Å². The van der Waals surface area contributed by atoms with Crippen LogP contribution in [-0.4, -0.2) is 49.8 Å². The maximum atomic E-state index is 12.9. The number of fused-ring (bicyclic) bond motifs is 2. The van der Waals surface area contributed by atoms with Crippen molar-refractivity contribution in [1.82, 2.24) is 4.90 Å².